The smallest absolute Gasteiger partial charge is 0.179 e. The molecule has 0 saturated heterocycles. The lowest BCUT2D eigenvalue weighted by Gasteiger charge is -1.94. The van der Waals surface area contributed by atoms with Gasteiger partial charge in [-0.1, -0.05) is 0 Å². The summed E-state index contributed by atoms with van der Waals surface area (Å²) >= 11 is 4.76. The zero-order chi connectivity index (χ0) is 11.7. The van der Waals surface area contributed by atoms with Crippen molar-refractivity contribution in [1.82, 2.24) is 4.98 Å². The van der Waals surface area contributed by atoms with E-state index in [4.69, 9.17) is 4.42 Å². The lowest BCUT2D eigenvalue weighted by atomic mass is 10.2. The Hall–Kier alpha value is -0.940. The molecule has 16 heavy (non-hydrogen) atoms. The SMILES string of the molecule is Cc1nc(CC(=O)c2ccoc2Br)sc1C. The first-order chi connectivity index (χ1) is 7.58. The van der Waals surface area contributed by atoms with Gasteiger partial charge in [0.2, 0.25) is 0 Å². The molecule has 2 aromatic rings. The summed E-state index contributed by atoms with van der Waals surface area (Å²) in [5.74, 6) is 0.0226. The van der Waals surface area contributed by atoms with Crippen molar-refractivity contribution in [2.75, 3.05) is 0 Å². The van der Waals surface area contributed by atoms with E-state index in [0.717, 1.165) is 15.6 Å². The second-order valence-corrected chi connectivity index (χ2v) is 5.47. The van der Waals surface area contributed by atoms with E-state index in [-0.39, 0.29) is 5.78 Å². The molecule has 5 heteroatoms. The molecular weight excluding hydrogens is 290 g/mol. The van der Waals surface area contributed by atoms with E-state index < -0.39 is 0 Å². The van der Waals surface area contributed by atoms with Crippen LogP contribution in [-0.4, -0.2) is 10.8 Å². The van der Waals surface area contributed by atoms with Crippen molar-refractivity contribution < 1.29 is 9.21 Å². The number of carbonyl (C=O) groups excluding carboxylic acids is 1. The Morgan fingerprint density at radius 1 is 1.56 bits per heavy atom. The minimum Gasteiger partial charge on any atom is -0.457 e. The maximum absolute atomic E-state index is 11.9. The van der Waals surface area contributed by atoms with Crippen molar-refractivity contribution in [2.45, 2.75) is 20.3 Å². The lowest BCUT2D eigenvalue weighted by Crippen LogP contribution is -2.02. The molecule has 0 aliphatic carbocycles. The van der Waals surface area contributed by atoms with Crippen molar-refractivity contribution in [1.29, 1.82) is 0 Å². The summed E-state index contributed by atoms with van der Waals surface area (Å²) in [4.78, 5) is 17.4. The number of Topliss-reactive ketones (excluding diaryl/α,β-unsaturated/α-hetero) is 1. The van der Waals surface area contributed by atoms with Crippen molar-refractivity contribution in [3.05, 3.63) is 38.1 Å². The normalized spacial score (nSPS) is 10.7. The van der Waals surface area contributed by atoms with Crippen molar-refractivity contribution >= 4 is 33.0 Å². The number of nitrogens with zero attached hydrogens (tertiary/aromatic N) is 1. The van der Waals surface area contributed by atoms with E-state index in [2.05, 4.69) is 20.9 Å². The van der Waals surface area contributed by atoms with Crippen LogP contribution in [0.5, 0.6) is 0 Å². The molecule has 84 valence electrons. The Labute approximate surface area is 106 Å². The van der Waals surface area contributed by atoms with Crippen molar-refractivity contribution in [2.24, 2.45) is 0 Å². The fourth-order valence-electron chi connectivity index (χ4n) is 1.34. The van der Waals surface area contributed by atoms with Gasteiger partial charge in [-0.3, -0.25) is 4.79 Å². The number of aromatic nitrogens is 1. The van der Waals surface area contributed by atoms with Gasteiger partial charge in [0.05, 0.1) is 23.9 Å². The van der Waals surface area contributed by atoms with E-state index in [1.807, 2.05) is 13.8 Å². The molecule has 0 N–H and O–H groups in total. The molecule has 2 aromatic heterocycles. The standard InChI is InChI=1S/C11H10BrNO2S/c1-6-7(2)16-10(13-6)5-9(14)8-3-4-15-11(8)12/h3-4H,5H2,1-2H3. The fraction of sp³-hybridized carbons (Fsp3) is 0.273. The number of aryl methyl sites for hydroxylation is 2. The minimum atomic E-state index is 0.0226. The second-order valence-electron chi connectivity index (χ2n) is 3.46. The second kappa shape index (κ2) is 4.51. The molecule has 0 spiro atoms. The third-order valence-corrected chi connectivity index (χ3v) is 3.99. The number of hydrogen-bond donors (Lipinski definition) is 0. The maximum atomic E-state index is 11.9. The van der Waals surface area contributed by atoms with Crippen LogP contribution < -0.4 is 0 Å². The summed E-state index contributed by atoms with van der Waals surface area (Å²) in [5, 5.41) is 0.855. The number of ketones is 1. The molecule has 0 fully saturated rings. The summed E-state index contributed by atoms with van der Waals surface area (Å²) in [7, 11) is 0. The van der Waals surface area contributed by atoms with E-state index in [1.165, 1.54) is 6.26 Å². The number of rotatable bonds is 3. The number of hydrogen-bond acceptors (Lipinski definition) is 4. The van der Waals surface area contributed by atoms with Gasteiger partial charge in [-0.05, 0) is 35.8 Å². The molecule has 0 bridgehead atoms. The van der Waals surface area contributed by atoms with Crippen LogP contribution in [0.4, 0.5) is 0 Å². The minimum absolute atomic E-state index is 0.0226. The highest BCUT2D eigenvalue weighted by atomic mass is 79.9. The highest BCUT2D eigenvalue weighted by Gasteiger charge is 2.15. The van der Waals surface area contributed by atoms with E-state index in [0.29, 0.717) is 16.7 Å². The van der Waals surface area contributed by atoms with Crippen LogP contribution in [0.1, 0.15) is 25.9 Å². The van der Waals surface area contributed by atoms with E-state index in [9.17, 15) is 4.79 Å². The van der Waals surface area contributed by atoms with Crippen LogP contribution in [-0.2, 0) is 6.42 Å². The topological polar surface area (TPSA) is 43.1 Å². The summed E-state index contributed by atoms with van der Waals surface area (Å²) in [6.45, 7) is 3.96. The maximum Gasteiger partial charge on any atom is 0.179 e. The van der Waals surface area contributed by atoms with Gasteiger partial charge in [-0.25, -0.2) is 4.98 Å². The van der Waals surface area contributed by atoms with E-state index in [1.54, 1.807) is 17.4 Å². The Bertz CT molecular complexity index is 510. The number of halogens is 1. The van der Waals surface area contributed by atoms with E-state index >= 15 is 0 Å². The first-order valence-electron chi connectivity index (χ1n) is 4.77. The fourth-order valence-corrected chi connectivity index (χ4v) is 2.73. The molecule has 0 saturated carbocycles. The summed E-state index contributed by atoms with van der Waals surface area (Å²) in [6.07, 6.45) is 1.83. The van der Waals surface area contributed by atoms with Crippen LogP contribution in [0.3, 0.4) is 0 Å². The number of carbonyl (C=O) groups is 1. The van der Waals surface area contributed by atoms with Crippen LogP contribution >= 0.6 is 27.3 Å². The molecule has 2 rings (SSSR count). The molecule has 0 radical (unpaired) electrons. The predicted octanol–water partition coefficient (Wildman–Crippen LogP) is 3.54. The molecule has 0 atom stereocenters. The lowest BCUT2D eigenvalue weighted by molar-refractivity contribution is 0.0991. The summed E-state index contributed by atoms with van der Waals surface area (Å²) in [5.41, 5.74) is 1.57. The van der Waals surface area contributed by atoms with Crippen molar-refractivity contribution in [3.63, 3.8) is 0 Å². The molecule has 0 amide bonds. The van der Waals surface area contributed by atoms with Gasteiger partial charge in [0.1, 0.15) is 5.01 Å². The molecule has 0 aromatic carbocycles. The Morgan fingerprint density at radius 2 is 2.31 bits per heavy atom. The first kappa shape index (κ1) is 11.5. The molecule has 0 aliphatic rings. The molecule has 0 unspecified atom stereocenters. The van der Waals surface area contributed by atoms with Crippen LogP contribution in [0, 0.1) is 13.8 Å². The van der Waals surface area contributed by atoms with Crippen molar-refractivity contribution in [3.8, 4) is 0 Å². The average molecular weight is 300 g/mol. The third kappa shape index (κ3) is 2.25. The zero-order valence-electron chi connectivity index (χ0n) is 8.91. The average Bonchev–Trinajstić information content (AvgIpc) is 2.74. The van der Waals surface area contributed by atoms with Gasteiger partial charge < -0.3 is 4.42 Å². The zero-order valence-corrected chi connectivity index (χ0v) is 11.3. The predicted molar refractivity (Wildman–Crippen MR) is 66.0 cm³/mol. The molecule has 3 nitrogen and oxygen atoms in total. The Balaban J connectivity index is 2.17. The van der Waals surface area contributed by atoms with Gasteiger partial charge in [0.25, 0.3) is 0 Å². The third-order valence-electron chi connectivity index (χ3n) is 2.30. The molecule has 2 heterocycles. The molecular formula is C11H10BrNO2S. The van der Waals surface area contributed by atoms with Gasteiger partial charge in [0.15, 0.2) is 10.5 Å². The number of thiazole rings is 1. The highest BCUT2D eigenvalue weighted by molar-refractivity contribution is 9.10. The van der Waals surface area contributed by atoms with Crippen LogP contribution in [0.2, 0.25) is 0 Å². The Kier molecular flexibility index (Phi) is 3.25. The van der Waals surface area contributed by atoms with Gasteiger partial charge in [-0.2, -0.15) is 0 Å². The monoisotopic (exact) mass is 299 g/mol. The Morgan fingerprint density at radius 3 is 2.81 bits per heavy atom. The number of furan rings is 1. The first-order valence-corrected chi connectivity index (χ1v) is 6.38. The van der Waals surface area contributed by atoms with Gasteiger partial charge in [0, 0.05) is 4.88 Å². The van der Waals surface area contributed by atoms with Crippen LogP contribution in [0.25, 0.3) is 0 Å². The quantitative estimate of drug-likeness (QED) is 0.814. The summed E-state index contributed by atoms with van der Waals surface area (Å²) < 4.78 is 5.52. The largest absolute Gasteiger partial charge is 0.457 e. The highest BCUT2D eigenvalue weighted by Crippen LogP contribution is 2.22. The van der Waals surface area contributed by atoms with Gasteiger partial charge >= 0.3 is 0 Å². The van der Waals surface area contributed by atoms with Crippen LogP contribution in [0.15, 0.2) is 21.4 Å². The summed E-state index contributed by atoms with van der Waals surface area (Å²) in [6, 6.07) is 1.67. The van der Waals surface area contributed by atoms with Gasteiger partial charge in [-0.15, -0.1) is 11.3 Å². The molecule has 0 aliphatic heterocycles.